The summed E-state index contributed by atoms with van der Waals surface area (Å²) in [4.78, 5) is 0. The third kappa shape index (κ3) is 2.57. The lowest BCUT2D eigenvalue weighted by Gasteiger charge is -2.07. The fourth-order valence-electron chi connectivity index (χ4n) is 2.02. The molecule has 0 saturated heterocycles. The monoisotopic (exact) mass is 225 g/mol. The normalized spacial score (nSPS) is 10.1. The maximum Gasteiger partial charge on any atom is 0.119 e. The number of benzene rings is 2. The molecule has 0 aromatic heterocycles. The van der Waals surface area contributed by atoms with Crippen molar-refractivity contribution in [1.82, 2.24) is 0 Å². The lowest BCUT2D eigenvalue weighted by Crippen LogP contribution is -1.89. The van der Waals surface area contributed by atoms with Crippen LogP contribution in [-0.4, -0.2) is 7.11 Å². The molecule has 0 fully saturated rings. The Bertz CT molecular complexity index is 554. The van der Waals surface area contributed by atoms with Gasteiger partial charge in [-0.1, -0.05) is 24.3 Å². The predicted molar refractivity (Wildman–Crippen MR) is 69.1 cm³/mol. The van der Waals surface area contributed by atoms with Crippen molar-refractivity contribution in [3.05, 3.63) is 42.0 Å². The average molecular weight is 225 g/mol. The quantitative estimate of drug-likeness (QED) is 0.743. The summed E-state index contributed by atoms with van der Waals surface area (Å²) < 4.78 is 5.25. The van der Waals surface area contributed by atoms with Crippen molar-refractivity contribution in [2.45, 2.75) is 19.3 Å². The number of ether oxygens (including phenoxy) is 1. The van der Waals surface area contributed by atoms with E-state index in [9.17, 15) is 0 Å². The van der Waals surface area contributed by atoms with Gasteiger partial charge in [0.15, 0.2) is 0 Å². The summed E-state index contributed by atoms with van der Waals surface area (Å²) in [5.41, 5.74) is 1.29. The van der Waals surface area contributed by atoms with Gasteiger partial charge in [0.05, 0.1) is 13.2 Å². The number of hydrogen-bond acceptors (Lipinski definition) is 2. The second-order valence-corrected chi connectivity index (χ2v) is 4.02. The Hall–Kier alpha value is -2.01. The minimum Gasteiger partial charge on any atom is -0.497 e. The molecule has 0 N–H and O–H groups in total. The Kier molecular flexibility index (Phi) is 3.62. The first-order valence-electron chi connectivity index (χ1n) is 5.78. The van der Waals surface area contributed by atoms with Crippen LogP contribution in [0.25, 0.3) is 10.8 Å². The molecule has 0 atom stereocenters. The lowest BCUT2D eigenvalue weighted by atomic mass is 10.00. The fraction of sp³-hybridized carbons (Fsp3) is 0.267. The van der Waals surface area contributed by atoms with Crippen molar-refractivity contribution in [1.29, 1.82) is 5.26 Å². The van der Waals surface area contributed by atoms with Gasteiger partial charge in [0.2, 0.25) is 0 Å². The summed E-state index contributed by atoms with van der Waals surface area (Å²) in [6.45, 7) is 0. The molecule has 2 nitrogen and oxygen atoms in total. The third-order valence-corrected chi connectivity index (χ3v) is 2.91. The molecule has 2 aromatic carbocycles. The average Bonchev–Trinajstić information content (AvgIpc) is 2.39. The number of unbranched alkanes of at least 4 members (excludes halogenated alkanes) is 1. The molecule has 2 aromatic rings. The highest BCUT2D eigenvalue weighted by Crippen LogP contribution is 2.25. The molecule has 0 aliphatic rings. The maximum atomic E-state index is 8.57. The minimum absolute atomic E-state index is 0.611. The Balaban J connectivity index is 2.37. The second-order valence-electron chi connectivity index (χ2n) is 4.02. The van der Waals surface area contributed by atoms with Crippen LogP contribution < -0.4 is 4.74 Å². The fourth-order valence-corrected chi connectivity index (χ4v) is 2.02. The van der Waals surface area contributed by atoms with Gasteiger partial charge in [0, 0.05) is 6.42 Å². The predicted octanol–water partition coefficient (Wildman–Crippen LogP) is 3.69. The van der Waals surface area contributed by atoms with E-state index in [0.29, 0.717) is 6.42 Å². The van der Waals surface area contributed by atoms with Crippen LogP contribution in [0.3, 0.4) is 0 Å². The van der Waals surface area contributed by atoms with Crippen molar-refractivity contribution in [3.63, 3.8) is 0 Å². The number of nitrogens with zero attached hydrogens (tertiary/aromatic N) is 1. The summed E-state index contributed by atoms with van der Waals surface area (Å²) in [7, 11) is 1.68. The highest BCUT2D eigenvalue weighted by Gasteiger charge is 2.02. The van der Waals surface area contributed by atoms with Crippen LogP contribution in [-0.2, 0) is 6.42 Å². The Morgan fingerprint density at radius 2 is 2.12 bits per heavy atom. The molecule has 2 heteroatoms. The van der Waals surface area contributed by atoms with Gasteiger partial charge in [0.1, 0.15) is 5.75 Å². The highest BCUT2D eigenvalue weighted by molar-refractivity contribution is 5.87. The molecule has 86 valence electrons. The van der Waals surface area contributed by atoms with Gasteiger partial charge >= 0.3 is 0 Å². The van der Waals surface area contributed by atoms with Gasteiger partial charge < -0.3 is 4.74 Å². The van der Waals surface area contributed by atoms with E-state index in [1.807, 2.05) is 6.07 Å². The van der Waals surface area contributed by atoms with Gasteiger partial charge in [-0.25, -0.2) is 0 Å². The molecule has 0 aliphatic carbocycles. The number of hydrogen-bond donors (Lipinski definition) is 0. The zero-order valence-corrected chi connectivity index (χ0v) is 9.94. The molecule has 2 rings (SSSR count). The molecule has 0 radical (unpaired) electrons. The molecule has 0 unspecified atom stereocenters. The van der Waals surface area contributed by atoms with Crippen LogP contribution in [0, 0.1) is 11.3 Å². The smallest absolute Gasteiger partial charge is 0.119 e. The molecule has 0 bridgehead atoms. The molecular formula is C15H15NO. The summed E-state index contributed by atoms with van der Waals surface area (Å²) in [5, 5.41) is 11.0. The lowest BCUT2D eigenvalue weighted by molar-refractivity contribution is 0.415. The van der Waals surface area contributed by atoms with Crippen LogP contribution in [0.1, 0.15) is 18.4 Å². The number of methoxy groups -OCH3 is 1. The third-order valence-electron chi connectivity index (χ3n) is 2.91. The second kappa shape index (κ2) is 5.36. The molecule has 0 spiro atoms. The van der Waals surface area contributed by atoms with E-state index < -0.39 is 0 Å². The molecule has 17 heavy (non-hydrogen) atoms. The maximum absolute atomic E-state index is 8.57. The zero-order chi connectivity index (χ0) is 12.1. The Morgan fingerprint density at radius 3 is 2.88 bits per heavy atom. The van der Waals surface area contributed by atoms with E-state index in [4.69, 9.17) is 10.00 Å². The van der Waals surface area contributed by atoms with Gasteiger partial charge in [-0.15, -0.1) is 0 Å². The van der Waals surface area contributed by atoms with E-state index in [2.05, 4.69) is 36.4 Å². The zero-order valence-electron chi connectivity index (χ0n) is 9.94. The van der Waals surface area contributed by atoms with Crippen molar-refractivity contribution in [2.24, 2.45) is 0 Å². The van der Waals surface area contributed by atoms with Crippen LogP contribution in [0.4, 0.5) is 0 Å². The Labute approximate surface area is 101 Å². The molecular weight excluding hydrogens is 210 g/mol. The standard InChI is InChI=1S/C15H15NO/c1-17-14-9-8-13-7-4-6-12(15(13)11-14)5-2-3-10-16/h4,6-9,11H,2-3,5H2,1H3. The van der Waals surface area contributed by atoms with Crippen LogP contribution in [0.2, 0.25) is 0 Å². The number of aryl methyl sites for hydroxylation is 1. The number of rotatable bonds is 4. The largest absolute Gasteiger partial charge is 0.497 e. The van der Waals surface area contributed by atoms with Crippen molar-refractivity contribution in [3.8, 4) is 11.8 Å². The highest BCUT2D eigenvalue weighted by atomic mass is 16.5. The number of nitriles is 1. The molecule has 0 heterocycles. The minimum atomic E-state index is 0.611. The molecule has 0 saturated carbocycles. The van der Waals surface area contributed by atoms with E-state index in [1.165, 1.54) is 16.3 Å². The number of fused-ring (bicyclic) bond motifs is 1. The summed E-state index contributed by atoms with van der Waals surface area (Å²) in [6, 6.07) is 14.6. The van der Waals surface area contributed by atoms with Gasteiger partial charge in [0.25, 0.3) is 0 Å². The summed E-state index contributed by atoms with van der Waals surface area (Å²) in [6.07, 6.45) is 2.46. The SMILES string of the molecule is COc1ccc2cccc(CCCC#N)c2c1. The van der Waals surface area contributed by atoms with Gasteiger partial charge in [-0.2, -0.15) is 5.26 Å². The van der Waals surface area contributed by atoms with Crippen LogP contribution >= 0.6 is 0 Å². The molecule has 0 amide bonds. The Morgan fingerprint density at radius 1 is 1.24 bits per heavy atom. The van der Waals surface area contributed by atoms with E-state index in [1.54, 1.807) is 7.11 Å². The van der Waals surface area contributed by atoms with E-state index in [0.717, 1.165) is 18.6 Å². The van der Waals surface area contributed by atoms with Gasteiger partial charge in [-0.05, 0) is 41.3 Å². The molecule has 0 aliphatic heterocycles. The van der Waals surface area contributed by atoms with Crippen molar-refractivity contribution in [2.75, 3.05) is 7.11 Å². The van der Waals surface area contributed by atoms with Crippen LogP contribution in [0.5, 0.6) is 5.75 Å². The topological polar surface area (TPSA) is 33.0 Å². The summed E-state index contributed by atoms with van der Waals surface area (Å²) >= 11 is 0. The summed E-state index contributed by atoms with van der Waals surface area (Å²) in [5.74, 6) is 0.880. The van der Waals surface area contributed by atoms with Crippen molar-refractivity contribution < 1.29 is 4.74 Å². The van der Waals surface area contributed by atoms with Crippen molar-refractivity contribution >= 4 is 10.8 Å². The first-order chi connectivity index (χ1) is 8.35. The van der Waals surface area contributed by atoms with Gasteiger partial charge in [-0.3, -0.25) is 0 Å². The van der Waals surface area contributed by atoms with E-state index >= 15 is 0 Å². The first-order valence-corrected chi connectivity index (χ1v) is 5.78. The van der Waals surface area contributed by atoms with E-state index in [-0.39, 0.29) is 0 Å². The van der Waals surface area contributed by atoms with Crippen LogP contribution in [0.15, 0.2) is 36.4 Å². The first kappa shape index (κ1) is 11.5.